The minimum atomic E-state index is -1.43. The summed E-state index contributed by atoms with van der Waals surface area (Å²) in [6.07, 6.45) is 0. The maximum absolute atomic E-state index is 11.9. The first kappa shape index (κ1) is 17.0. The summed E-state index contributed by atoms with van der Waals surface area (Å²) in [7, 11) is 1.62. The van der Waals surface area contributed by atoms with Crippen molar-refractivity contribution in [2.24, 2.45) is 5.41 Å². The summed E-state index contributed by atoms with van der Waals surface area (Å²) in [4.78, 5) is 23.9. The van der Waals surface area contributed by atoms with Gasteiger partial charge in [-0.25, -0.2) is 0 Å². The van der Waals surface area contributed by atoms with E-state index < -0.39 is 17.3 Å². The monoisotopic (exact) mass is 333 g/mol. The number of rotatable bonds is 6. The Kier molecular flexibility index (Phi) is 5.05. The number of methoxy groups -OCH3 is 1. The summed E-state index contributed by atoms with van der Waals surface area (Å²) < 4.78 is 5.13. The number of hydrogen-bond acceptors (Lipinski definition) is 4. The normalized spacial score (nSPS) is 11.1. The SMILES string of the molecule is COc1ccc(-c2csc(CNC(=O)C(C)(C)C(=O)O)c2)cc1. The van der Waals surface area contributed by atoms with Crippen molar-refractivity contribution >= 4 is 23.2 Å². The number of carbonyl (C=O) groups is 2. The zero-order valence-corrected chi connectivity index (χ0v) is 14.1. The first-order valence-electron chi connectivity index (χ1n) is 7.08. The molecule has 2 rings (SSSR count). The molecule has 0 aliphatic heterocycles. The summed E-state index contributed by atoms with van der Waals surface area (Å²) >= 11 is 1.52. The van der Waals surface area contributed by atoms with Crippen molar-refractivity contribution in [3.63, 3.8) is 0 Å². The first-order chi connectivity index (χ1) is 10.8. The maximum atomic E-state index is 11.9. The molecule has 6 heteroatoms. The van der Waals surface area contributed by atoms with Crippen LogP contribution < -0.4 is 10.1 Å². The molecule has 0 saturated carbocycles. The predicted molar refractivity (Wildman–Crippen MR) is 89.6 cm³/mol. The Balaban J connectivity index is 2.02. The molecule has 1 amide bonds. The molecule has 0 radical (unpaired) electrons. The van der Waals surface area contributed by atoms with Gasteiger partial charge in [-0.05, 0) is 48.6 Å². The van der Waals surface area contributed by atoms with Crippen LogP contribution in [0.25, 0.3) is 11.1 Å². The average Bonchev–Trinajstić information content (AvgIpc) is 3.01. The van der Waals surface area contributed by atoms with E-state index in [1.807, 2.05) is 35.7 Å². The minimum absolute atomic E-state index is 0.316. The summed E-state index contributed by atoms with van der Waals surface area (Å²) in [6, 6.07) is 9.71. The number of aliphatic carboxylic acids is 1. The van der Waals surface area contributed by atoms with E-state index in [0.717, 1.165) is 21.8 Å². The second-order valence-electron chi connectivity index (χ2n) is 5.64. The largest absolute Gasteiger partial charge is 0.497 e. The van der Waals surface area contributed by atoms with E-state index >= 15 is 0 Å². The second-order valence-corrected chi connectivity index (χ2v) is 6.64. The van der Waals surface area contributed by atoms with Crippen molar-refractivity contribution in [2.45, 2.75) is 20.4 Å². The molecule has 2 N–H and O–H groups in total. The van der Waals surface area contributed by atoms with Gasteiger partial charge in [-0.2, -0.15) is 0 Å². The van der Waals surface area contributed by atoms with E-state index in [0.29, 0.717) is 6.54 Å². The third kappa shape index (κ3) is 3.90. The minimum Gasteiger partial charge on any atom is -0.497 e. The molecule has 1 aromatic carbocycles. The van der Waals surface area contributed by atoms with E-state index in [4.69, 9.17) is 9.84 Å². The highest BCUT2D eigenvalue weighted by Gasteiger charge is 2.35. The highest BCUT2D eigenvalue weighted by Crippen LogP contribution is 2.27. The number of nitrogens with one attached hydrogen (secondary N) is 1. The van der Waals surface area contributed by atoms with Crippen LogP contribution in [-0.2, 0) is 16.1 Å². The zero-order valence-electron chi connectivity index (χ0n) is 13.3. The molecular formula is C17H19NO4S. The van der Waals surface area contributed by atoms with Gasteiger partial charge in [0.1, 0.15) is 11.2 Å². The van der Waals surface area contributed by atoms with Gasteiger partial charge in [0.2, 0.25) is 5.91 Å². The lowest BCUT2D eigenvalue weighted by Gasteiger charge is -2.17. The van der Waals surface area contributed by atoms with Crippen molar-refractivity contribution in [1.82, 2.24) is 5.32 Å². The molecule has 1 heterocycles. The lowest BCUT2D eigenvalue weighted by molar-refractivity contribution is -0.153. The number of benzene rings is 1. The molecule has 0 saturated heterocycles. The molecule has 1 aromatic heterocycles. The van der Waals surface area contributed by atoms with Crippen LogP contribution >= 0.6 is 11.3 Å². The Hall–Kier alpha value is -2.34. The highest BCUT2D eigenvalue weighted by molar-refractivity contribution is 7.10. The Labute approximate surface area is 138 Å². The fourth-order valence-electron chi connectivity index (χ4n) is 1.89. The molecule has 122 valence electrons. The van der Waals surface area contributed by atoms with Gasteiger partial charge in [0.25, 0.3) is 0 Å². The van der Waals surface area contributed by atoms with E-state index in [9.17, 15) is 9.59 Å². The molecule has 0 fully saturated rings. The van der Waals surface area contributed by atoms with Crippen molar-refractivity contribution in [3.05, 3.63) is 40.6 Å². The van der Waals surface area contributed by atoms with Crippen LogP contribution in [0.3, 0.4) is 0 Å². The fraction of sp³-hybridized carbons (Fsp3) is 0.294. The van der Waals surface area contributed by atoms with Gasteiger partial charge in [-0.1, -0.05) is 12.1 Å². The summed E-state index contributed by atoms with van der Waals surface area (Å²) in [5.41, 5.74) is 0.681. The molecule has 0 aliphatic carbocycles. The van der Waals surface area contributed by atoms with Gasteiger partial charge in [-0.15, -0.1) is 11.3 Å². The highest BCUT2D eigenvalue weighted by atomic mass is 32.1. The van der Waals surface area contributed by atoms with E-state index in [2.05, 4.69) is 5.32 Å². The Morgan fingerprint density at radius 2 is 1.87 bits per heavy atom. The summed E-state index contributed by atoms with van der Waals surface area (Å²) in [6.45, 7) is 3.10. The van der Waals surface area contributed by atoms with Crippen LogP contribution in [0.5, 0.6) is 5.75 Å². The van der Waals surface area contributed by atoms with E-state index in [1.165, 1.54) is 25.2 Å². The molecular weight excluding hydrogens is 314 g/mol. The lowest BCUT2D eigenvalue weighted by Crippen LogP contribution is -2.41. The third-order valence-electron chi connectivity index (χ3n) is 3.60. The van der Waals surface area contributed by atoms with Crippen LogP contribution in [0.1, 0.15) is 18.7 Å². The topological polar surface area (TPSA) is 75.6 Å². The van der Waals surface area contributed by atoms with Gasteiger partial charge < -0.3 is 15.2 Å². The van der Waals surface area contributed by atoms with Crippen molar-refractivity contribution < 1.29 is 19.4 Å². The van der Waals surface area contributed by atoms with Crippen LogP contribution in [0.2, 0.25) is 0 Å². The van der Waals surface area contributed by atoms with Gasteiger partial charge in [0.15, 0.2) is 0 Å². The predicted octanol–water partition coefficient (Wildman–Crippen LogP) is 3.15. The van der Waals surface area contributed by atoms with E-state index in [-0.39, 0.29) is 0 Å². The van der Waals surface area contributed by atoms with Crippen molar-refractivity contribution in [3.8, 4) is 16.9 Å². The van der Waals surface area contributed by atoms with E-state index in [1.54, 1.807) is 7.11 Å². The smallest absolute Gasteiger partial charge is 0.318 e. The Morgan fingerprint density at radius 3 is 2.43 bits per heavy atom. The second kappa shape index (κ2) is 6.83. The molecule has 0 aliphatic rings. The summed E-state index contributed by atoms with van der Waals surface area (Å²) in [5, 5.41) is 13.7. The molecule has 5 nitrogen and oxygen atoms in total. The lowest BCUT2D eigenvalue weighted by atomic mass is 9.93. The molecule has 2 aromatic rings. The maximum Gasteiger partial charge on any atom is 0.318 e. The molecule has 23 heavy (non-hydrogen) atoms. The van der Waals surface area contributed by atoms with Gasteiger partial charge in [0, 0.05) is 4.88 Å². The number of carbonyl (C=O) groups excluding carboxylic acids is 1. The number of carboxylic acid groups (broad SMARTS) is 1. The molecule has 0 bridgehead atoms. The van der Waals surface area contributed by atoms with Crippen molar-refractivity contribution in [1.29, 1.82) is 0 Å². The number of ether oxygens (including phenoxy) is 1. The zero-order chi connectivity index (χ0) is 17.0. The average molecular weight is 333 g/mol. The standard InChI is InChI=1S/C17H19NO4S/c1-17(2,16(20)21)15(19)18-9-14-8-12(10-23-14)11-4-6-13(22-3)7-5-11/h4-8,10H,9H2,1-3H3,(H,18,19)(H,20,21). The third-order valence-corrected chi connectivity index (χ3v) is 4.54. The quantitative estimate of drug-likeness (QED) is 0.796. The van der Waals surface area contributed by atoms with Gasteiger partial charge >= 0.3 is 5.97 Å². The summed E-state index contributed by atoms with van der Waals surface area (Å²) in [5.74, 6) is -0.836. The Bertz CT molecular complexity index is 704. The van der Waals surface area contributed by atoms with Gasteiger partial charge in [-0.3, -0.25) is 9.59 Å². The Morgan fingerprint density at radius 1 is 1.22 bits per heavy atom. The fourth-order valence-corrected chi connectivity index (χ4v) is 2.73. The van der Waals surface area contributed by atoms with Crippen LogP contribution in [0.4, 0.5) is 0 Å². The number of amides is 1. The van der Waals surface area contributed by atoms with Crippen molar-refractivity contribution in [2.75, 3.05) is 7.11 Å². The number of thiophene rings is 1. The van der Waals surface area contributed by atoms with Crippen LogP contribution in [-0.4, -0.2) is 24.1 Å². The van der Waals surface area contributed by atoms with Crippen LogP contribution in [0.15, 0.2) is 35.7 Å². The first-order valence-corrected chi connectivity index (χ1v) is 7.96. The molecule has 0 unspecified atom stereocenters. The number of hydrogen-bond donors (Lipinski definition) is 2. The van der Waals surface area contributed by atoms with Gasteiger partial charge in [0.05, 0.1) is 13.7 Å². The molecule has 0 atom stereocenters. The van der Waals surface area contributed by atoms with Crippen LogP contribution in [0, 0.1) is 5.41 Å². The molecule has 0 spiro atoms. The number of carboxylic acids is 1.